The number of amides is 1. The zero-order valence-electron chi connectivity index (χ0n) is 22.4. The number of nitrogens with zero attached hydrogens (tertiary/aromatic N) is 3. The van der Waals surface area contributed by atoms with Gasteiger partial charge in [0.25, 0.3) is 5.91 Å². The predicted octanol–water partition coefficient (Wildman–Crippen LogP) is 6.63. The van der Waals surface area contributed by atoms with Gasteiger partial charge in [0, 0.05) is 35.5 Å². The molecule has 2 atom stereocenters. The van der Waals surface area contributed by atoms with Crippen molar-refractivity contribution in [3.63, 3.8) is 0 Å². The average molecular weight is 702 g/mol. The fraction of sp³-hybridized carbons (Fsp3) is 0.538. The molecule has 0 aliphatic carbocycles. The van der Waals surface area contributed by atoms with Crippen LogP contribution >= 0.6 is 62.3 Å². The van der Waals surface area contributed by atoms with E-state index >= 15 is 0 Å². The Bertz CT molecular complexity index is 1210. The normalized spacial score (nSPS) is 22.7. The molecule has 40 heavy (non-hydrogen) atoms. The van der Waals surface area contributed by atoms with Crippen LogP contribution in [0.5, 0.6) is 0 Å². The quantitative estimate of drug-likeness (QED) is 0.260. The van der Waals surface area contributed by atoms with Crippen LogP contribution in [0.3, 0.4) is 0 Å². The number of Topliss-reactive ketones (excluding diaryl/α,β-unsaturated/α-hetero) is 1. The molecule has 0 bridgehead atoms. The maximum absolute atomic E-state index is 12.1. The van der Waals surface area contributed by atoms with E-state index in [1.54, 1.807) is 26.1 Å². The molecule has 0 radical (unpaired) electrons. The number of ketones is 1. The summed E-state index contributed by atoms with van der Waals surface area (Å²) in [5, 5.41) is 1.22. The van der Waals surface area contributed by atoms with Crippen molar-refractivity contribution in [2.24, 2.45) is 0 Å². The highest BCUT2D eigenvalue weighted by atomic mass is 79.9. The molecular weight excluding hydrogens is 672 g/mol. The lowest BCUT2D eigenvalue weighted by Gasteiger charge is -2.20. The zero-order valence-corrected chi connectivity index (χ0v) is 27.0. The Morgan fingerprint density at radius 2 is 1.35 bits per heavy atom. The van der Waals surface area contributed by atoms with Crippen LogP contribution in [0.1, 0.15) is 50.9 Å². The van der Waals surface area contributed by atoms with Crippen LogP contribution in [0.2, 0.25) is 20.4 Å². The van der Waals surface area contributed by atoms with Crippen LogP contribution in [0.25, 0.3) is 0 Å². The predicted molar refractivity (Wildman–Crippen MR) is 156 cm³/mol. The van der Waals surface area contributed by atoms with Gasteiger partial charge in [0.2, 0.25) is 0 Å². The van der Waals surface area contributed by atoms with E-state index in [0.29, 0.717) is 22.3 Å². The molecule has 3 aliphatic heterocycles. The summed E-state index contributed by atoms with van der Waals surface area (Å²) in [4.78, 5) is 33.4. The lowest BCUT2D eigenvalue weighted by Crippen LogP contribution is -2.39. The molecule has 1 amide bonds. The first-order valence-electron chi connectivity index (χ1n) is 12.4. The van der Waals surface area contributed by atoms with E-state index < -0.39 is 17.7 Å². The highest BCUT2D eigenvalue weighted by molar-refractivity contribution is 9.10. The van der Waals surface area contributed by atoms with E-state index in [-0.39, 0.29) is 34.6 Å². The third-order valence-electron chi connectivity index (χ3n) is 5.85. The molecule has 3 saturated heterocycles. The van der Waals surface area contributed by atoms with Gasteiger partial charge in [0.05, 0.1) is 23.3 Å². The molecule has 9 nitrogen and oxygen atoms in total. The maximum Gasteiger partial charge on any atom is 0.254 e. The van der Waals surface area contributed by atoms with Gasteiger partial charge < -0.3 is 23.8 Å². The molecule has 2 aromatic heterocycles. The molecule has 0 saturated carbocycles. The minimum atomic E-state index is -0.732. The second kappa shape index (κ2) is 14.4. The largest absolute Gasteiger partial charge is 0.347 e. The number of halogens is 5. The van der Waals surface area contributed by atoms with E-state index in [4.69, 9.17) is 65.4 Å². The number of ether oxygens (including phenoxy) is 4. The van der Waals surface area contributed by atoms with Crippen molar-refractivity contribution >= 4 is 74.0 Å². The Morgan fingerprint density at radius 3 is 1.80 bits per heavy atom. The first kappa shape index (κ1) is 33.4. The van der Waals surface area contributed by atoms with Crippen molar-refractivity contribution in [2.45, 2.75) is 64.3 Å². The van der Waals surface area contributed by atoms with Crippen molar-refractivity contribution in [1.29, 1.82) is 0 Å². The first-order valence-corrected chi connectivity index (χ1v) is 14.7. The molecule has 2 aromatic rings. The summed E-state index contributed by atoms with van der Waals surface area (Å²) in [6.45, 7) is 9.56. The number of hydrogen-bond donors (Lipinski definition) is 0. The molecule has 0 N–H and O–H groups in total. The average Bonchev–Trinajstić information content (AvgIpc) is 3.63. The summed E-state index contributed by atoms with van der Waals surface area (Å²) in [6, 6.07) is 3.17. The molecule has 0 aromatic carbocycles. The summed E-state index contributed by atoms with van der Waals surface area (Å²) in [7, 11) is 0. The van der Waals surface area contributed by atoms with E-state index in [2.05, 4.69) is 25.9 Å². The zero-order chi connectivity index (χ0) is 29.7. The highest BCUT2D eigenvalue weighted by Gasteiger charge is 2.39. The molecule has 3 aliphatic rings. The monoisotopic (exact) mass is 699 g/mol. The van der Waals surface area contributed by atoms with Crippen LogP contribution in [0, 0.1) is 0 Å². The van der Waals surface area contributed by atoms with Crippen LogP contribution in [-0.4, -0.2) is 76.6 Å². The van der Waals surface area contributed by atoms with Gasteiger partial charge in [-0.15, -0.1) is 0 Å². The van der Waals surface area contributed by atoms with Crippen LogP contribution in [0.15, 0.2) is 29.0 Å². The lowest BCUT2D eigenvalue weighted by atomic mass is 10.1. The van der Waals surface area contributed by atoms with Crippen molar-refractivity contribution < 1.29 is 28.5 Å². The summed E-state index contributed by atoms with van der Waals surface area (Å²) in [6.07, 6.45) is 4.19. The number of carbonyl (C=O) groups is 2. The minimum Gasteiger partial charge on any atom is -0.347 e. The van der Waals surface area contributed by atoms with Gasteiger partial charge in [-0.25, -0.2) is 9.97 Å². The number of rotatable bonds is 3. The lowest BCUT2D eigenvalue weighted by molar-refractivity contribution is -0.159. The SMILES string of the molecule is CC1(C)OC[C@@H](C(=O)N2CCCC2)O1.CC1(C)OC[C@@H](C(=O)c2cnc(Cl)c(Cl)c2)O1.Clc1cc(Br)cnc1Cl. The van der Waals surface area contributed by atoms with Crippen LogP contribution < -0.4 is 0 Å². The molecule has 5 rings (SSSR count). The number of pyridine rings is 2. The number of hydrogen-bond acceptors (Lipinski definition) is 8. The van der Waals surface area contributed by atoms with E-state index in [0.717, 1.165) is 30.4 Å². The Hall–Kier alpha value is -1.08. The number of likely N-dealkylation sites (tertiary alicyclic amines) is 1. The van der Waals surface area contributed by atoms with Gasteiger partial charge >= 0.3 is 0 Å². The van der Waals surface area contributed by atoms with Gasteiger partial charge in [-0.05, 0) is 68.6 Å². The van der Waals surface area contributed by atoms with Crippen molar-refractivity contribution in [2.75, 3.05) is 26.3 Å². The first-order chi connectivity index (χ1) is 18.7. The number of carbonyl (C=O) groups excluding carboxylic acids is 2. The summed E-state index contributed by atoms with van der Waals surface area (Å²) >= 11 is 25.8. The van der Waals surface area contributed by atoms with Gasteiger partial charge in [-0.3, -0.25) is 9.59 Å². The van der Waals surface area contributed by atoms with Crippen molar-refractivity contribution in [3.8, 4) is 0 Å². The number of aromatic nitrogens is 2. The molecule has 3 fully saturated rings. The summed E-state index contributed by atoms with van der Waals surface area (Å²) < 4.78 is 22.5. The van der Waals surface area contributed by atoms with Gasteiger partial charge in [0.15, 0.2) is 23.5 Å². The highest BCUT2D eigenvalue weighted by Crippen LogP contribution is 2.27. The maximum atomic E-state index is 12.1. The Balaban J connectivity index is 0.000000173. The van der Waals surface area contributed by atoms with E-state index in [1.165, 1.54) is 12.3 Å². The van der Waals surface area contributed by atoms with Gasteiger partial charge in [-0.1, -0.05) is 46.4 Å². The van der Waals surface area contributed by atoms with Gasteiger partial charge in [-0.2, -0.15) is 0 Å². The van der Waals surface area contributed by atoms with Gasteiger partial charge in [0.1, 0.15) is 16.4 Å². The third kappa shape index (κ3) is 9.74. The molecule has 0 spiro atoms. The fourth-order valence-electron chi connectivity index (χ4n) is 3.91. The Labute approximate surface area is 261 Å². The van der Waals surface area contributed by atoms with E-state index in [1.807, 2.05) is 18.7 Å². The Morgan fingerprint density at radius 1 is 0.850 bits per heavy atom. The molecule has 14 heteroatoms. The summed E-state index contributed by atoms with van der Waals surface area (Å²) in [5.41, 5.74) is 0.366. The molecule has 0 unspecified atom stereocenters. The van der Waals surface area contributed by atoms with Crippen molar-refractivity contribution in [3.05, 3.63) is 54.9 Å². The van der Waals surface area contributed by atoms with Crippen LogP contribution in [-0.2, 0) is 23.7 Å². The molecular formula is C26H30BrCl4N3O6. The standard InChI is InChI=1S/C11H11Cl2NO3.C10H17NO3.C5H2BrCl2N/c1-11(2)16-5-8(17-11)9(15)6-3-7(12)10(13)14-4-6;1-10(2)13-7-8(14-10)9(12)11-5-3-4-6-11;6-3-1-4(7)5(8)9-2-3/h3-4,8H,5H2,1-2H3;8H,3-7H2,1-2H3;1-2H/t2*8-;/m00./s1. The third-order valence-corrected chi connectivity index (χ3v) is 7.65. The molecule has 5 heterocycles. The second-order valence-electron chi connectivity index (χ2n) is 9.95. The van der Waals surface area contributed by atoms with Crippen molar-refractivity contribution in [1.82, 2.24) is 14.9 Å². The topological polar surface area (TPSA) is 100 Å². The fourth-order valence-corrected chi connectivity index (χ4v) is 4.91. The van der Waals surface area contributed by atoms with Crippen LogP contribution in [0.4, 0.5) is 0 Å². The smallest absolute Gasteiger partial charge is 0.254 e. The van der Waals surface area contributed by atoms with E-state index in [9.17, 15) is 9.59 Å². The summed E-state index contributed by atoms with van der Waals surface area (Å²) in [5.74, 6) is -1.45. The Kier molecular flexibility index (Phi) is 12.0. The molecule has 220 valence electrons. The second-order valence-corrected chi connectivity index (χ2v) is 12.4. The minimum absolute atomic E-state index is 0.0908.